The molecule has 0 bridgehead atoms. The zero-order valence-corrected chi connectivity index (χ0v) is 8.58. The zero-order valence-electron chi connectivity index (χ0n) is 7.00. The van der Waals surface area contributed by atoms with Crippen molar-refractivity contribution in [1.82, 2.24) is 0 Å². The van der Waals surface area contributed by atoms with Crippen molar-refractivity contribution in [3.63, 3.8) is 0 Å². The Morgan fingerprint density at radius 3 is 2.31 bits per heavy atom. The molecular formula is C6H11ClF2O3S. The lowest BCUT2D eigenvalue weighted by molar-refractivity contribution is -0.0443. The summed E-state index contributed by atoms with van der Waals surface area (Å²) in [5.74, 6) is -0.225. The molecule has 0 radical (unpaired) electrons. The third kappa shape index (κ3) is 7.16. The van der Waals surface area contributed by atoms with Crippen molar-refractivity contribution in [2.75, 3.05) is 12.0 Å². The first kappa shape index (κ1) is 13.1. The highest BCUT2D eigenvalue weighted by atomic mass is 35.5. The first-order valence-electron chi connectivity index (χ1n) is 3.55. The van der Waals surface area contributed by atoms with Gasteiger partial charge in [-0.1, -0.05) is 0 Å². The zero-order chi connectivity index (χ0) is 10.7. The molecule has 0 aliphatic carbocycles. The smallest absolute Gasteiger partial charge is 0.347 e. The summed E-state index contributed by atoms with van der Waals surface area (Å²) in [5, 5.41) is 5.02. The third-order valence-electron chi connectivity index (χ3n) is 1.37. The molecule has 7 heteroatoms. The fourth-order valence-corrected chi connectivity index (χ4v) is 1.50. The molecule has 0 aromatic rings. The Hall–Kier alpha value is 0.0600. The van der Waals surface area contributed by atoms with Gasteiger partial charge in [0.2, 0.25) is 0 Å². The summed E-state index contributed by atoms with van der Waals surface area (Å²) in [6, 6.07) is 0. The van der Waals surface area contributed by atoms with E-state index < -0.39 is 21.3 Å². The van der Waals surface area contributed by atoms with Gasteiger partial charge < -0.3 is 5.11 Å². The summed E-state index contributed by atoms with van der Waals surface area (Å²) in [5.41, 5.74) is 0. The topological polar surface area (TPSA) is 54.4 Å². The molecule has 0 amide bonds. The average Bonchev–Trinajstić information content (AvgIpc) is 1.82. The minimum absolute atomic E-state index is 0.0255. The maximum absolute atomic E-state index is 12.1. The van der Waals surface area contributed by atoms with Crippen LogP contribution in [0.1, 0.15) is 12.8 Å². The standard InChI is InChI=1S/C6H11ClF2O3S/c1-13(11,12)4-2-3-5(10)6(7,8)9/h5,10H,2-4H2,1H3. The SMILES string of the molecule is CS(=O)(=O)CCCC(O)C(F)(F)Cl. The molecule has 0 aromatic heterocycles. The molecule has 0 heterocycles. The third-order valence-corrected chi connectivity index (χ3v) is 2.65. The first-order chi connectivity index (χ1) is 5.63. The van der Waals surface area contributed by atoms with Crippen molar-refractivity contribution >= 4 is 21.4 Å². The van der Waals surface area contributed by atoms with Crippen LogP contribution in [0.4, 0.5) is 8.78 Å². The predicted molar refractivity (Wildman–Crippen MR) is 45.8 cm³/mol. The van der Waals surface area contributed by atoms with Crippen LogP contribution < -0.4 is 0 Å². The van der Waals surface area contributed by atoms with Crippen LogP contribution in [0.5, 0.6) is 0 Å². The van der Waals surface area contributed by atoms with E-state index in [0.29, 0.717) is 0 Å². The van der Waals surface area contributed by atoms with Crippen molar-refractivity contribution < 1.29 is 22.3 Å². The van der Waals surface area contributed by atoms with Crippen molar-refractivity contribution in [3.8, 4) is 0 Å². The molecule has 0 spiro atoms. The second-order valence-corrected chi connectivity index (χ2v) is 5.59. The Labute approximate surface area is 80.6 Å². The van der Waals surface area contributed by atoms with Gasteiger partial charge in [0.05, 0.1) is 0 Å². The lowest BCUT2D eigenvalue weighted by Crippen LogP contribution is -2.27. The van der Waals surface area contributed by atoms with Crippen molar-refractivity contribution in [2.45, 2.75) is 24.3 Å². The van der Waals surface area contributed by atoms with Gasteiger partial charge in [-0.3, -0.25) is 0 Å². The fourth-order valence-electron chi connectivity index (χ4n) is 0.703. The predicted octanol–water partition coefficient (Wildman–Crippen LogP) is 1.00. The summed E-state index contributed by atoms with van der Waals surface area (Å²) < 4.78 is 45.3. The van der Waals surface area contributed by atoms with Crippen LogP contribution in [-0.2, 0) is 9.84 Å². The molecule has 0 aliphatic heterocycles. The highest BCUT2D eigenvalue weighted by molar-refractivity contribution is 7.90. The van der Waals surface area contributed by atoms with E-state index >= 15 is 0 Å². The molecule has 13 heavy (non-hydrogen) atoms. The van der Waals surface area contributed by atoms with E-state index in [4.69, 9.17) is 5.11 Å². The minimum Gasteiger partial charge on any atom is -0.385 e. The van der Waals surface area contributed by atoms with E-state index in [9.17, 15) is 17.2 Å². The van der Waals surface area contributed by atoms with Crippen LogP contribution in [0, 0.1) is 0 Å². The summed E-state index contributed by atoms with van der Waals surface area (Å²) in [7, 11) is -3.16. The van der Waals surface area contributed by atoms with Crippen molar-refractivity contribution in [3.05, 3.63) is 0 Å². The van der Waals surface area contributed by atoms with E-state index in [0.717, 1.165) is 6.26 Å². The molecule has 3 nitrogen and oxygen atoms in total. The number of hydrogen-bond acceptors (Lipinski definition) is 3. The highest BCUT2D eigenvalue weighted by Gasteiger charge is 2.34. The van der Waals surface area contributed by atoms with Crippen LogP contribution in [0.15, 0.2) is 0 Å². The number of hydrogen-bond donors (Lipinski definition) is 1. The summed E-state index contributed by atoms with van der Waals surface area (Å²) in [6.07, 6.45) is -1.35. The monoisotopic (exact) mass is 236 g/mol. The summed E-state index contributed by atoms with van der Waals surface area (Å²) in [4.78, 5) is 0. The second kappa shape index (κ2) is 4.52. The van der Waals surface area contributed by atoms with Gasteiger partial charge in [-0.25, -0.2) is 8.42 Å². The van der Waals surface area contributed by atoms with Gasteiger partial charge in [-0.2, -0.15) is 8.78 Å². The molecule has 0 aromatic carbocycles. The van der Waals surface area contributed by atoms with Gasteiger partial charge in [-0.05, 0) is 24.4 Å². The maximum Gasteiger partial charge on any atom is 0.347 e. The minimum atomic E-state index is -3.68. The highest BCUT2D eigenvalue weighted by Crippen LogP contribution is 2.26. The molecular weight excluding hydrogens is 226 g/mol. The largest absolute Gasteiger partial charge is 0.385 e. The van der Waals surface area contributed by atoms with Crippen LogP contribution in [0.2, 0.25) is 0 Å². The number of sulfone groups is 1. The molecule has 0 saturated carbocycles. The number of aliphatic hydroxyl groups excluding tert-OH is 1. The van der Waals surface area contributed by atoms with Crippen molar-refractivity contribution in [1.29, 1.82) is 0 Å². The summed E-state index contributed by atoms with van der Waals surface area (Å²) >= 11 is 4.50. The van der Waals surface area contributed by atoms with Crippen LogP contribution in [0.3, 0.4) is 0 Å². The van der Waals surface area contributed by atoms with Crippen molar-refractivity contribution in [2.24, 2.45) is 0 Å². The van der Waals surface area contributed by atoms with Gasteiger partial charge in [0, 0.05) is 12.0 Å². The van der Waals surface area contributed by atoms with E-state index in [1.165, 1.54) is 0 Å². The van der Waals surface area contributed by atoms with E-state index in [2.05, 4.69) is 11.6 Å². The molecule has 1 unspecified atom stereocenters. The first-order valence-corrected chi connectivity index (χ1v) is 5.99. The van der Waals surface area contributed by atoms with Gasteiger partial charge in [0.25, 0.3) is 0 Å². The van der Waals surface area contributed by atoms with E-state index in [1.807, 2.05) is 0 Å². The molecule has 80 valence electrons. The summed E-state index contributed by atoms with van der Waals surface area (Å²) in [6.45, 7) is 0. The van der Waals surface area contributed by atoms with Crippen LogP contribution in [-0.4, -0.2) is 37.0 Å². The Bertz CT molecular complexity index is 247. The van der Waals surface area contributed by atoms with E-state index in [-0.39, 0.29) is 18.6 Å². The van der Waals surface area contributed by atoms with E-state index in [1.54, 1.807) is 0 Å². The quantitative estimate of drug-likeness (QED) is 0.725. The number of aliphatic hydroxyl groups is 1. The van der Waals surface area contributed by atoms with Gasteiger partial charge >= 0.3 is 5.38 Å². The van der Waals surface area contributed by atoms with Crippen LogP contribution in [0.25, 0.3) is 0 Å². The Morgan fingerprint density at radius 1 is 1.54 bits per heavy atom. The lowest BCUT2D eigenvalue weighted by atomic mass is 10.2. The van der Waals surface area contributed by atoms with Gasteiger partial charge in [-0.15, -0.1) is 0 Å². The molecule has 0 aliphatic rings. The normalized spacial score (nSPS) is 15.8. The van der Waals surface area contributed by atoms with Gasteiger partial charge in [0.15, 0.2) is 0 Å². The second-order valence-electron chi connectivity index (χ2n) is 2.83. The Morgan fingerprint density at radius 2 is 2.00 bits per heavy atom. The van der Waals surface area contributed by atoms with Crippen LogP contribution >= 0.6 is 11.6 Å². The molecule has 1 N–H and O–H groups in total. The fraction of sp³-hybridized carbons (Fsp3) is 1.00. The number of alkyl halides is 3. The van der Waals surface area contributed by atoms with Gasteiger partial charge in [0.1, 0.15) is 15.9 Å². The number of halogens is 3. The molecule has 0 saturated heterocycles. The number of rotatable bonds is 5. The Kier molecular flexibility index (Phi) is 4.54. The molecule has 0 fully saturated rings. The maximum atomic E-state index is 12.1. The molecule has 0 rings (SSSR count). The lowest BCUT2D eigenvalue weighted by Gasteiger charge is -2.14. The molecule has 1 atom stereocenters. The Balaban J connectivity index is 3.80. The average molecular weight is 237 g/mol.